The molecule has 10 heteroatoms. The summed E-state index contributed by atoms with van der Waals surface area (Å²) < 4.78 is 63.5. The first kappa shape index (κ1) is 20.0. The van der Waals surface area contributed by atoms with Crippen molar-refractivity contribution in [2.24, 2.45) is 5.92 Å². The van der Waals surface area contributed by atoms with Crippen LogP contribution in [0.2, 0.25) is 5.02 Å². The van der Waals surface area contributed by atoms with Crippen LogP contribution in [-0.2, 0) is 21.0 Å². The second kappa shape index (κ2) is 7.51. The van der Waals surface area contributed by atoms with Gasteiger partial charge in [0.2, 0.25) is 15.9 Å². The third kappa shape index (κ3) is 4.86. The first-order valence-corrected chi connectivity index (χ1v) is 9.68. The number of hydrogen-bond acceptors (Lipinski definition) is 3. The van der Waals surface area contributed by atoms with Crippen LogP contribution in [0.5, 0.6) is 0 Å². The zero-order valence-electron chi connectivity index (χ0n) is 13.4. The molecule has 0 atom stereocenters. The third-order valence-corrected chi connectivity index (χ3v) is 6.33. The number of carbonyl (C=O) groups excluding carboxylic acids is 1. The van der Waals surface area contributed by atoms with Crippen molar-refractivity contribution in [3.63, 3.8) is 0 Å². The number of anilines is 1. The van der Waals surface area contributed by atoms with Crippen LogP contribution in [0.3, 0.4) is 0 Å². The van der Waals surface area contributed by atoms with Gasteiger partial charge in [-0.25, -0.2) is 12.7 Å². The monoisotopic (exact) mass is 398 g/mol. The summed E-state index contributed by atoms with van der Waals surface area (Å²) in [7, 11) is -3.29. The van der Waals surface area contributed by atoms with E-state index in [9.17, 15) is 26.4 Å². The Bertz CT molecular complexity index is 745. The number of hydrogen-bond donors (Lipinski definition) is 1. The van der Waals surface area contributed by atoms with Crippen molar-refractivity contribution >= 4 is 33.2 Å². The number of sulfonamides is 1. The fourth-order valence-corrected chi connectivity index (χ4v) is 4.00. The summed E-state index contributed by atoms with van der Waals surface area (Å²) in [5.41, 5.74) is -1.01. The lowest BCUT2D eigenvalue weighted by molar-refractivity contribution is -0.137. The van der Waals surface area contributed by atoms with E-state index in [1.54, 1.807) is 6.92 Å². The fraction of sp³-hybridized carbons (Fsp3) is 0.533. The highest BCUT2D eigenvalue weighted by Crippen LogP contribution is 2.36. The molecule has 1 fully saturated rings. The predicted molar refractivity (Wildman–Crippen MR) is 88.8 cm³/mol. The van der Waals surface area contributed by atoms with Crippen LogP contribution in [0.15, 0.2) is 18.2 Å². The van der Waals surface area contributed by atoms with Gasteiger partial charge in [0.25, 0.3) is 0 Å². The summed E-state index contributed by atoms with van der Waals surface area (Å²) in [6.45, 7) is 2.00. The summed E-state index contributed by atoms with van der Waals surface area (Å²) in [5.74, 6) is -0.883. The number of halogens is 4. The minimum Gasteiger partial charge on any atom is -0.326 e. The Kier molecular flexibility index (Phi) is 6.01. The first-order valence-electron chi connectivity index (χ1n) is 7.70. The third-order valence-electron chi connectivity index (χ3n) is 4.12. The fourth-order valence-electron chi connectivity index (χ4n) is 2.64. The highest BCUT2D eigenvalue weighted by Gasteiger charge is 2.34. The maximum absolute atomic E-state index is 12.8. The van der Waals surface area contributed by atoms with Gasteiger partial charge in [0, 0.05) is 24.7 Å². The number of carbonyl (C=O) groups is 1. The van der Waals surface area contributed by atoms with Gasteiger partial charge in [-0.05, 0) is 38.0 Å². The van der Waals surface area contributed by atoms with Gasteiger partial charge >= 0.3 is 6.18 Å². The first-order chi connectivity index (χ1) is 11.5. The molecule has 1 amide bonds. The molecule has 1 heterocycles. The van der Waals surface area contributed by atoms with Gasteiger partial charge < -0.3 is 5.32 Å². The normalized spacial score (nSPS) is 17.5. The molecule has 0 aliphatic carbocycles. The lowest BCUT2D eigenvalue weighted by Gasteiger charge is -2.30. The van der Waals surface area contributed by atoms with Crippen molar-refractivity contribution in [1.82, 2.24) is 4.31 Å². The van der Waals surface area contributed by atoms with E-state index < -0.39 is 38.6 Å². The van der Waals surface area contributed by atoms with E-state index in [0.29, 0.717) is 12.8 Å². The molecule has 0 aromatic heterocycles. The molecule has 1 N–H and O–H groups in total. The van der Waals surface area contributed by atoms with Crippen LogP contribution in [0.25, 0.3) is 0 Å². The topological polar surface area (TPSA) is 66.5 Å². The summed E-state index contributed by atoms with van der Waals surface area (Å²) in [6, 6.07) is 3.17. The number of benzene rings is 1. The molecule has 0 spiro atoms. The van der Waals surface area contributed by atoms with Crippen LogP contribution >= 0.6 is 11.6 Å². The highest BCUT2D eigenvalue weighted by atomic mass is 35.5. The minimum atomic E-state index is -4.61. The zero-order chi connectivity index (χ0) is 18.8. The van der Waals surface area contributed by atoms with Gasteiger partial charge in [-0.3, -0.25) is 4.79 Å². The van der Waals surface area contributed by atoms with Gasteiger partial charge in [-0.15, -0.1) is 0 Å². The molecular weight excluding hydrogens is 381 g/mol. The number of nitrogens with zero attached hydrogens (tertiary/aromatic N) is 1. The molecule has 0 saturated carbocycles. The average Bonchev–Trinajstić information content (AvgIpc) is 2.55. The number of alkyl halides is 3. The lowest BCUT2D eigenvalue weighted by Crippen LogP contribution is -2.42. The van der Waals surface area contributed by atoms with Crippen LogP contribution < -0.4 is 5.32 Å². The Balaban J connectivity index is 2.02. The van der Waals surface area contributed by atoms with E-state index in [-0.39, 0.29) is 24.5 Å². The largest absolute Gasteiger partial charge is 0.417 e. The highest BCUT2D eigenvalue weighted by molar-refractivity contribution is 7.89. The molecule has 5 nitrogen and oxygen atoms in total. The Morgan fingerprint density at radius 3 is 2.44 bits per heavy atom. The van der Waals surface area contributed by atoms with E-state index in [2.05, 4.69) is 5.32 Å². The zero-order valence-corrected chi connectivity index (χ0v) is 15.0. The van der Waals surface area contributed by atoms with Crippen LogP contribution in [0, 0.1) is 5.92 Å². The molecule has 1 aliphatic heterocycles. The Morgan fingerprint density at radius 2 is 1.92 bits per heavy atom. The SMILES string of the molecule is CCS(=O)(=O)N1CCC(C(=O)Nc2ccc(Cl)c(C(F)(F)F)c2)CC1. The maximum atomic E-state index is 12.8. The second-order valence-electron chi connectivity index (χ2n) is 5.76. The summed E-state index contributed by atoms with van der Waals surface area (Å²) in [4.78, 5) is 12.2. The Hall–Kier alpha value is -1.32. The van der Waals surface area contributed by atoms with Crippen molar-refractivity contribution in [3.05, 3.63) is 28.8 Å². The van der Waals surface area contributed by atoms with Crippen molar-refractivity contribution < 1.29 is 26.4 Å². The van der Waals surface area contributed by atoms with E-state index in [1.807, 2.05) is 0 Å². The number of amides is 1. The van der Waals surface area contributed by atoms with Crippen molar-refractivity contribution in [2.75, 3.05) is 24.2 Å². The Morgan fingerprint density at radius 1 is 1.32 bits per heavy atom. The van der Waals surface area contributed by atoms with E-state index >= 15 is 0 Å². The van der Waals surface area contributed by atoms with Crippen LogP contribution in [-0.4, -0.2) is 37.5 Å². The van der Waals surface area contributed by atoms with E-state index in [0.717, 1.165) is 12.1 Å². The molecule has 1 aromatic carbocycles. The van der Waals surface area contributed by atoms with E-state index in [4.69, 9.17) is 11.6 Å². The second-order valence-corrected chi connectivity index (χ2v) is 8.42. The summed E-state index contributed by atoms with van der Waals surface area (Å²) in [5, 5.41) is 2.01. The lowest BCUT2D eigenvalue weighted by atomic mass is 9.97. The molecule has 1 aromatic rings. The van der Waals surface area contributed by atoms with E-state index in [1.165, 1.54) is 10.4 Å². The summed E-state index contributed by atoms with van der Waals surface area (Å²) in [6.07, 6.45) is -3.97. The molecule has 25 heavy (non-hydrogen) atoms. The Labute approximate surface area is 149 Å². The van der Waals surface area contributed by atoms with Gasteiger partial charge in [0.15, 0.2) is 0 Å². The molecule has 2 rings (SSSR count). The van der Waals surface area contributed by atoms with Crippen LogP contribution in [0.4, 0.5) is 18.9 Å². The quantitative estimate of drug-likeness (QED) is 0.845. The number of nitrogens with one attached hydrogen (secondary N) is 1. The molecular formula is C15H18ClF3N2O3S. The minimum absolute atomic E-state index is 0.00494. The van der Waals surface area contributed by atoms with Crippen molar-refractivity contribution in [3.8, 4) is 0 Å². The molecule has 0 bridgehead atoms. The number of rotatable bonds is 4. The smallest absolute Gasteiger partial charge is 0.326 e. The van der Waals surface area contributed by atoms with Gasteiger partial charge in [-0.2, -0.15) is 13.2 Å². The van der Waals surface area contributed by atoms with Gasteiger partial charge in [0.1, 0.15) is 0 Å². The maximum Gasteiger partial charge on any atom is 0.417 e. The molecule has 0 radical (unpaired) electrons. The number of piperidine rings is 1. The van der Waals surface area contributed by atoms with Crippen molar-refractivity contribution in [1.29, 1.82) is 0 Å². The molecule has 140 valence electrons. The van der Waals surface area contributed by atoms with Gasteiger partial charge in [0.05, 0.1) is 16.3 Å². The molecule has 1 aliphatic rings. The standard InChI is InChI=1S/C15H18ClF3N2O3S/c1-2-25(23,24)21-7-5-10(6-8-21)14(22)20-11-3-4-13(16)12(9-11)15(17,18)19/h3-4,9-10H,2,5-8H2,1H3,(H,20,22). The van der Waals surface area contributed by atoms with Crippen molar-refractivity contribution in [2.45, 2.75) is 25.9 Å². The summed E-state index contributed by atoms with van der Waals surface area (Å²) >= 11 is 5.54. The predicted octanol–water partition coefficient (Wildman–Crippen LogP) is 3.36. The van der Waals surface area contributed by atoms with Gasteiger partial charge in [-0.1, -0.05) is 11.6 Å². The van der Waals surface area contributed by atoms with Crippen LogP contribution in [0.1, 0.15) is 25.3 Å². The molecule has 1 saturated heterocycles. The molecule has 0 unspecified atom stereocenters. The average molecular weight is 399 g/mol.